The van der Waals surface area contributed by atoms with Crippen molar-refractivity contribution in [1.82, 2.24) is 14.8 Å². The van der Waals surface area contributed by atoms with Crippen LogP contribution in [0.4, 0.5) is 4.39 Å². The number of rotatable bonds is 6. The summed E-state index contributed by atoms with van der Waals surface area (Å²) in [6.45, 7) is 0.920. The number of aliphatic carboxylic acids is 1. The van der Waals surface area contributed by atoms with E-state index in [9.17, 15) is 14.0 Å². The maximum absolute atomic E-state index is 13.6. The topological polar surface area (TPSA) is 94.3 Å². The third-order valence-electron chi connectivity index (χ3n) is 3.55. The van der Waals surface area contributed by atoms with Crippen LogP contribution in [0.2, 0.25) is 0 Å². The molecular weight excluding hydrogens is 329 g/mol. The number of ketones is 1. The van der Waals surface area contributed by atoms with Gasteiger partial charge in [0.15, 0.2) is 5.78 Å². The Kier molecular flexibility index (Phi) is 4.42. The van der Waals surface area contributed by atoms with Crippen LogP contribution in [0, 0.1) is 5.82 Å². The van der Waals surface area contributed by atoms with E-state index in [1.165, 1.54) is 29.9 Å². The van der Waals surface area contributed by atoms with E-state index >= 15 is 0 Å². The monoisotopic (exact) mass is 343 g/mol. The van der Waals surface area contributed by atoms with E-state index in [2.05, 4.69) is 10.1 Å². The molecular formula is C17H14FN3O4. The van der Waals surface area contributed by atoms with Crippen LogP contribution in [0.3, 0.4) is 0 Å². The molecule has 0 unspecified atom stereocenters. The molecule has 0 amide bonds. The lowest BCUT2D eigenvalue weighted by atomic mass is 10.1. The van der Waals surface area contributed by atoms with E-state index in [0.29, 0.717) is 16.7 Å². The Labute approximate surface area is 141 Å². The minimum Gasteiger partial charge on any atom is -0.487 e. The van der Waals surface area contributed by atoms with Gasteiger partial charge in [-0.2, -0.15) is 5.10 Å². The predicted octanol–water partition coefficient (Wildman–Crippen LogP) is 2.44. The van der Waals surface area contributed by atoms with Crippen molar-refractivity contribution in [2.75, 3.05) is 0 Å². The number of hydrogen-bond acceptors (Lipinski definition) is 5. The van der Waals surface area contributed by atoms with Gasteiger partial charge in [0, 0.05) is 18.5 Å². The van der Waals surface area contributed by atoms with Crippen LogP contribution >= 0.6 is 0 Å². The largest absolute Gasteiger partial charge is 0.487 e. The van der Waals surface area contributed by atoms with Crippen molar-refractivity contribution >= 4 is 22.7 Å². The Balaban J connectivity index is 1.93. The molecule has 3 aromatic rings. The number of carboxylic acid groups (broad SMARTS) is 1. The van der Waals surface area contributed by atoms with Crippen LogP contribution in [-0.2, 0) is 17.9 Å². The minimum atomic E-state index is -1.06. The number of benzene rings is 1. The Hall–Kier alpha value is -3.29. The second-order valence-corrected chi connectivity index (χ2v) is 5.36. The summed E-state index contributed by atoms with van der Waals surface area (Å²) in [5, 5.41) is 13.5. The zero-order valence-corrected chi connectivity index (χ0v) is 13.3. The number of halogens is 1. The molecule has 8 heteroatoms. The van der Waals surface area contributed by atoms with Gasteiger partial charge in [-0.3, -0.25) is 19.3 Å². The van der Waals surface area contributed by atoms with Crippen LogP contribution in [0.15, 0.2) is 36.5 Å². The molecule has 0 aliphatic rings. The first-order chi connectivity index (χ1) is 12.0. The fraction of sp³-hybridized carbons (Fsp3) is 0.176. The molecule has 2 aromatic heterocycles. The van der Waals surface area contributed by atoms with Crippen molar-refractivity contribution in [2.45, 2.75) is 20.1 Å². The van der Waals surface area contributed by atoms with Gasteiger partial charge in [0.05, 0.1) is 5.52 Å². The number of carbonyl (C=O) groups is 2. The standard InChI is InChI=1S/C17H14FN3O4/c1-10(22)17-12-7-11(25-9-14-13(18)3-2-6-19-14)4-5-15(12)21(20-17)8-16(23)24/h2-7H,8-9H2,1H3,(H,23,24). The number of hydrogen-bond donors (Lipinski definition) is 1. The summed E-state index contributed by atoms with van der Waals surface area (Å²) in [6, 6.07) is 7.58. The van der Waals surface area contributed by atoms with Crippen molar-refractivity contribution in [3.05, 3.63) is 53.7 Å². The van der Waals surface area contributed by atoms with E-state index in [-0.39, 0.29) is 30.3 Å². The smallest absolute Gasteiger partial charge is 0.325 e. The van der Waals surface area contributed by atoms with Gasteiger partial charge in [-0.05, 0) is 30.3 Å². The third-order valence-corrected chi connectivity index (χ3v) is 3.55. The summed E-state index contributed by atoms with van der Waals surface area (Å²) in [7, 11) is 0. The number of ether oxygens (including phenoxy) is 1. The van der Waals surface area contributed by atoms with Crippen LogP contribution in [0.25, 0.3) is 10.9 Å². The molecule has 0 atom stereocenters. The van der Waals surface area contributed by atoms with Gasteiger partial charge >= 0.3 is 5.97 Å². The highest BCUT2D eigenvalue weighted by atomic mass is 19.1. The molecule has 0 radical (unpaired) electrons. The number of aromatic nitrogens is 3. The van der Waals surface area contributed by atoms with E-state index < -0.39 is 11.8 Å². The van der Waals surface area contributed by atoms with Crippen LogP contribution in [0.5, 0.6) is 5.75 Å². The second-order valence-electron chi connectivity index (χ2n) is 5.36. The summed E-state index contributed by atoms with van der Waals surface area (Å²) in [5.41, 5.74) is 0.825. The average molecular weight is 343 g/mol. The van der Waals surface area contributed by atoms with Crippen molar-refractivity contribution in [3.63, 3.8) is 0 Å². The molecule has 0 spiro atoms. The van der Waals surface area contributed by atoms with E-state index in [1.54, 1.807) is 18.2 Å². The zero-order valence-electron chi connectivity index (χ0n) is 13.3. The number of pyridine rings is 1. The summed E-state index contributed by atoms with van der Waals surface area (Å²) in [4.78, 5) is 26.6. The molecule has 7 nitrogen and oxygen atoms in total. The average Bonchev–Trinajstić information content (AvgIpc) is 2.92. The summed E-state index contributed by atoms with van der Waals surface area (Å²) in [5.74, 6) is -1.43. The fourth-order valence-corrected chi connectivity index (χ4v) is 2.43. The lowest BCUT2D eigenvalue weighted by Gasteiger charge is -2.07. The van der Waals surface area contributed by atoms with E-state index in [1.807, 2.05) is 0 Å². The molecule has 25 heavy (non-hydrogen) atoms. The lowest BCUT2D eigenvalue weighted by Crippen LogP contribution is -2.10. The van der Waals surface area contributed by atoms with Crippen molar-refractivity contribution in [3.8, 4) is 5.75 Å². The highest BCUT2D eigenvalue weighted by Crippen LogP contribution is 2.25. The Morgan fingerprint density at radius 3 is 2.80 bits per heavy atom. The number of nitrogens with zero attached hydrogens (tertiary/aromatic N) is 3. The molecule has 128 valence electrons. The van der Waals surface area contributed by atoms with Crippen LogP contribution in [-0.4, -0.2) is 31.6 Å². The molecule has 0 aliphatic heterocycles. The molecule has 0 saturated carbocycles. The molecule has 3 rings (SSSR count). The number of Topliss-reactive ketones (excluding diaryl/α,β-unsaturated/α-hetero) is 1. The molecule has 0 saturated heterocycles. The Bertz CT molecular complexity index is 968. The first kappa shape index (κ1) is 16.6. The van der Waals surface area contributed by atoms with Gasteiger partial charge in [0.2, 0.25) is 0 Å². The molecule has 0 fully saturated rings. The van der Waals surface area contributed by atoms with Gasteiger partial charge in [-0.25, -0.2) is 4.39 Å². The lowest BCUT2D eigenvalue weighted by molar-refractivity contribution is -0.137. The molecule has 2 heterocycles. The van der Waals surface area contributed by atoms with E-state index in [4.69, 9.17) is 9.84 Å². The van der Waals surface area contributed by atoms with Gasteiger partial charge < -0.3 is 9.84 Å². The second kappa shape index (κ2) is 6.68. The molecule has 0 aliphatic carbocycles. The maximum atomic E-state index is 13.6. The van der Waals surface area contributed by atoms with Crippen molar-refractivity contribution in [1.29, 1.82) is 0 Å². The minimum absolute atomic E-state index is 0.0726. The van der Waals surface area contributed by atoms with Gasteiger partial charge in [-0.1, -0.05) is 0 Å². The summed E-state index contributed by atoms with van der Waals surface area (Å²) >= 11 is 0. The van der Waals surface area contributed by atoms with Crippen LogP contribution < -0.4 is 4.74 Å². The van der Waals surface area contributed by atoms with Crippen molar-refractivity contribution in [2.24, 2.45) is 0 Å². The predicted molar refractivity (Wildman–Crippen MR) is 85.9 cm³/mol. The number of fused-ring (bicyclic) bond motifs is 1. The molecule has 1 N–H and O–H groups in total. The summed E-state index contributed by atoms with van der Waals surface area (Å²) in [6.07, 6.45) is 1.47. The van der Waals surface area contributed by atoms with Gasteiger partial charge in [0.1, 0.15) is 36.1 Å². The highest BCUT2D eigenvalue weighted by molar-refractivity contribution is 6.05. The third kappa shape index (κ3) is 3.47. The zero-order chi connectivity index (χ0) is 18.0. The molecule has 0 bridgehead atoms. The summed E-state index contributed by atoms with van der Waals surface area (Å²) < 4.78 is 20.4. The Morgan fingerprint density at radius 2 is 2.12 bits per heavy atom. The molecule has 1 aromatic carbocycles. The highest BCUT2D eigenvalue weighted by Gasteiger charge is 2.16. The first-order valence-electron chi connectivity index (χ1n) is 7.41. The van der Waals surface area contributed by atoms with Crippen LogP contribution in [0.1, 0.15) is 23.1 Å². The Morgan fingerprint density at radius 1 is 1.32 bits per heavy atom. The maximum Gasteiger partial charge on any atom is 0.325 e. The van der Waals surface area contributed by atoms with Gasteiger partial charge in [0.25, 0.3) is 0 Å². The van der Waals surface area contributed by atoms with Crippen molar-refractivity contribution < 1.29 is 23.8 Å². The fourth-order valence-electron chi connectivity index (χ4n) is 2.43. The first-order valence-corrected chi connectivity index (χ1v) is 7.41. The quantitative estimate of drug-likeness (QED) is 0.691. The van der Waals surface area contributed by atoms with E-state index in [0.717, 1.165) is 0 Å². The van der Waals surface area contributed by atoms with Gasteiger partial charge in [-0.15, -0.1) is 0 Å². The number of carboxylic acids is 1. The SMILES string of the molecule is CC(=O)c1nn(CC(=O)O)c2ccc(OCc3ncccc3F)cc12. The number of carbonyl (C=O) groups excluding carboxylic acids is 1. The normalized spacial score (nSPS) is 10.8.